The van der Waals surface area contributed by atoms with Gasteiger partial charge in [-0.3, -0.25) is 14.4 Å². The summed E-state index contributed by atoms with van der Waals surface area (Å²) in [4.78, 5) is 37.9. The highest BCUT2D eigenvalue weighted by Gasteiger charge is 2.23. The zero-order chi connectivity index (χ0) is 20.1. The number of hydrogen-bond donors (Lipinski definition) is 2. The van der Waals surface area contributed by atoms with Crippen molar-refractivity contribution in [2.75, 3.05) is 30.4 Å². The molecule has 3 amide bonds. The molecule has 2 N–H and O–H groups in total. The van der Waals surface area contributed by atoms with Crippen molar-refractivity contribution >= 4 is 40.7 Å². The van der Waals surface area contributed by atoms with E-state index in [1.165, 1.54) is 7.11 Å². The molecule has 1 heterocycles. The molecule has 0 aliphatic carbocycles. The number of carbonyl (C=O) groups is 3. The Morgan fingerprint density at radius 1 is 1.21 bits per heavy atom. The fourth-order valence-electron chi connectivity index (χ4n) is 3.00. The smallest absolute Gasteiger partial charge is 0.255 e. The van der Waals surface area contributed by atoms with Gasteiger partial charge in [0.15, 0.2) is 0 Å². The van der Waals surface area contributed by atoms with E-state index >= 15 is 0 Å². The molecule has 0 aromatic heterocycles. The van der Waals surface area contributed by atoms with Crippen molar-refractivity contribution in [3.8, 4) is 5.75 Å². The van der Waals surface area contributed by atoms with Gasteiger partial charge < -0.3 is 20.3 Å². The lowest BCUT2D eigenvalue weighted by Gasteiger charge is -2.18. The first-order chi connectivity index (χ1) is 13.5. The van der Waals surface area contributed by atoms with Crippen molar-refractivity contribution in [2.24, 2.45) is 0 Å². The zero-order valence-corrected chi connectivity index (χ0v) is 16.1. The Bertz CT molecular complexity index is 916. The summed E-state index contributed by atoms with van der Waals surface area (Å²) in [5.41, 5.74) is 1.46. The molecule has 8 heteroatoms. The van der Waals surface area contributed by atoms with Crippen LogP contribution in [0.25, 0.3) is 0 Å². The number of nitrogens with one attached hydrogen (secondary N) is 2. The van der Waals surface area contributed by atoms with Crippen molar-refractivity contribution in [3.05, 3.63) is 53.1 Å². The van der Waals surface area contributed by atoms with Crippen LogP contribution in [-0.2, 0) is 9.59 Å². The number of rotatable bonds is 6. The SMILES string of the molecule is COc1ccccc1C(=O)NCC(=O)Nc1ccc(N2CCCC2=O)c(Cl)c1. The van der Waals surface area contributed by atoms with Gasteiger partial charge in [0.25, 0.3) is 5.91 Å². The minimum atomic E-state index is -0.409. The minimum Gasteiger partial charge on any atom is -0.496 e. The molecule has 2 aromatic rings. The normalized spacial score (nSPS) is 13.4. The fourth-order valence-corrected chi connectivity index (χ4v) is 3.28. The first-order valence-electron chi connectivity index (χ1n) is 8.80. The number of anilines is 2. The number of ether oxygens (including phenoxy) is 1. The Labute approximate surface area is 167 Å². The number of carbonyl (C=O) groups excluding carboxylic acids is 3. The van der Waals surface area contributed by atoms with E-state index in [1.807, 2.05) is 0 Å². The Hall–Kier alpha value is -3.06. The maximum Gasteiger partial charge on any atom is 0.255 e. The third-order valence-corrected chi connectivity index (χ3v) is 4.66. The second-order valence-corrected chi connectivity index (χ2v) is 6.65. The molecule has 7 nitrogen and oxygen atoms in total. The molecule has 0 bridgehead atoms. The molecule has 1 fully saturated rings. The number of halogens is 1. The van der Waals surface area contributed by atoms with Crippen LogP contribution < -0.4 is 20.3 Å². The van der Waals surface area contributed by atoms with E-state index in [1.54, 1.807) is 47.4 Å². The van der Waals surface area contributed by atoms with Gasteiger partial charge >= 0.3 is 0 Å². The van der Waals surface area contributed by atoms with Crippen LogP contribution in [0.3, 0.4) is 0 Å². The molecule has 0 unspecified atom stereocenters. The van der Waals surface area contributed by atoms with Gasteiger partial charge in [-0.05, 0) is 36.8 Å². The first kappa shape index (κ1) is 19.7. The van der Waals surface area contributed by atoms with Gasteiger partial charge in [-0.25, -0.2) is 0 Å². The van der Waals surface area contributed by atoms with Crippen LogP contribution in [0.1, 0.15) is 23.2 Å². The average molecular weight is 402 g/mol. The second kappa shape index (κ2) is 8.75. The maximum atomic E-state index is 12.2. The average Bonchev–Trinajstić information content (AvgIpc) is 3.12. The van der Waals surface area contributed by atoms with Crippen molar-refractivity contribution in [2.45, 2.75) is 12.8 Å². The number of hydrogen-bond acceptors (Lipinski definition) is 4. The highest BCUT2D eigenvalue weighted by atomic mass is 35.5. The third kappa shape index (κ3) is 4.43. The lowest BCUT2D eigenvalue weighted by atomic mass is 10.2. The van der Waals surface area contributed by atoms with Gasteiger partial charge in [0, 0.05) is 18.7 Å². The van der Waals surface area contributed by atoms with E-state index in [2.05, 4.69) is 10.6 Å². The molecule has 2 aromatic carbocycles. The van der Waals surface area contributed by atoms with Crippen molar-refractivity contribution in [1.29, 1.82) is 0 Å². The predicted molar refractivity (Wildman–Crippen MR) is 107 cm³/mol. The minimum absolute atomic E-state index is 0.0396. The number of benzene rings is 2. The largest absolute Gasteiger partial charge is 0.496 e. The van der Waals surface area contributed by atoms with E-state index in [4.69, 9.17) is 16.3 Å². The summed E-state index contributed by atoms with van der Waals surface area (Å²) in [5, 5.41) is 5.61. The highest BCUT2D eigenvalue weighted by Crippen LogP contribution is 2.31. The van der Waals surface area contributed by atoms with E-state index in [-0.39, 0.29) is 12.5 Å². The summed E-state index contributed by atoms with van der Waals surface area (Å²) in [7, 11) is 1.47. The van der Waals surface area contributed by atoms with Gasteiger partial charge in [-0.15, -0.1) is 0 Å². The molecule has 0 spiro atoms. The van der Waals surface area contributed by atoms with Crippen LogP contribution in [0, 0.1) is 0 Å². The third-order valence-electron chi connectivity index (χ3n) is 4.36. The molecular formula is C20H20ClN3O4. The Morgan fingerprint density at radius 2 is 2.00 bits per heavy atom. The van der Waals surface area contributed by atoms with Gasteiger partial charge in [0.2, 0.25) is 11.8 Å². The Morgan fingerprint density at radius 3 is 2.68 bits per heavy atom. The monoisotopic (exact) mass is 401 g/mol. The molecule has 1 saturated heterocycles. The van der Waals surface area contributed by atoms with Crippen molar-refractivity contribution < 1.29 is 19.1 Å². The van der Waals surface area contributed by atoms with Gasteiger partial charge in [-0.2, -0.15) is 0 Å². The summed E-state index contributed by atoms with van der Waals surface area (Å²) in [6.07, 6.45) is 1.32. The maximum absolute atomic E-state index is 12.2. The van der Waals surface area contributed by atoms with E-state index in [0.29, 0.717) is 40.7 Å². The van der Waals surface area contributed by atoms with E-state index < -0.39 is 11.8 Å². The molecule has 0 radical (unpaired) electrons. The molecular weight excluding hydrogens is 382 g/mol. The molecule has 0 atom stereocenters. The summed E-state index contributed by atoms with van der Waals surface area (Å²) in [6.45, 7) is 0.431. The summed E-state index contributed by atoms with van der Waals surface area (Å²) in [5.74, 6) is -0.338. The number of para-hydroxylation sites is 1. The highest BCUT2D eigenvalue weighted by molar-refractivity contribution is 6.34. The fraction of sp³-hybridized carbons (Fsp3) is 0.250. The molecule has 3 rings (SSSR count). The molecule has 28 heavy (non-hydrogen) atoms. The number of amides is 3. The lowest BCUT2D eigenvalue weighted by Crippen LogP contribution is -2.33. The van der Waals surface area contributed by atoms with E-state index in [0.717, 1.165) is 6.42 Å². The van der Waals surface area contributed by atoms with Crippen molar-refractivity contribution in [1.82, 2.24) is 5.32 Å². The van der Waals surface area contributed by atoms with E-state index in [9.17, 15) is 14.4 Å². The van der Waals surface area contributed by atoms with Gasteiger partial charge in [0.05, 0.1) is 29.9 Å². The summed E-state index contributed by atoms with van der Waals surface area (Å²) >= 11 is 6.27. The van der Waals surface area contributed by atoms with Crippen molar-refractivity contribution in [3.63, 3.8) is 0 Å². The Kier molecular flexibility index (Phi) is 6.16. The molecule has 1 aliphatic heterocycles. The van der Waals surface area contributed by atoms with Gasteiger partial charge in [0.1, 0.15) is 5.75 Å². The number of nitrogens with zero attached hydrogens (tertiary/aromatic N) is 1. The summed E-state index contributed by atoms with van der Waals surface area (Å²) in [6, 6.07) is 11.7. The predicted octanol–water partition coefficient (Wildman–Crippen LogP) is 2.84. The first-order valence-corrected chi connectivity index (χ1v) is 9.18. The van der Waals surface area contributed by atoms with Crippen LogP contribution in [0.4, 0.5) is 11.4 Å². The molecule has 0 saturated carbocycles. The van der Waals surface area contributed by atoms with Crippen LogP contribution in [0.15, 0.2) is 42.5 Å². The number of methoxy groups -OCH3 is 1. The van der Waals surface area contributed by atoms with Crippen LogP contribution in [-0.4, -0.2) is 37.9 Å². The quantitative estimate of drug-likeness (QED) is 0.779. The topological polar surface area (TPSA) is 87.7 Å². The molecule has 1 aliphatic rings. The van der Waals surface area contributed by atoms with Gasteiger partial charge in [-0.1, -0.05) is 23.7 Å². The van der Waals surface area contributed by atoms with Crippen LogP contribution >= 0.6 is 11.6 Å². The molecule has 146 valence electrons. The lowest BCUT2D eigenvalue weighted by molar-refractivity contribution is -0.117. The zero-order valence-electron chi connectivity index (χ0n) is 15.3. The standard InChI is InChI=1S/C20H20ClN3O4/c1-28-17-6-3-2-5-14(17)20(27)22-12-18(25)23-13-8-9-16(15(21)11-13)24-10-4-7-19(24)26/h2-3,5-6,8-9,11H,4,7,10,12H2,1H3,(H,22,27)(H,23,25). The van der Waals surface area contributed by atoms with Crippen LogP contribution in [0.2, 0.25) is 5.02 Å². The Balaban J connectivity index is 1.58. The summed E-state index contributed by atoms with van der Waals surface area (Å²) < 4.78 is 5.14. The second-order valence-electron chi connectivity index (χ2n) is 6.25. The van der Waals surface area contributed by atoms with Crippen LogP contribution in [0.5, 0.6) is 5.75 Å².